The molecule has 2 rings (SSSR count). The van der Waals surface area contributed by atoms with Gasteiger partial charge in [0.15, 0.2) is 0 Å². The van der Waals surface area contributed by atoms with Crippen LogP contribution in [0.4, 0.5) is 4.39 Å². The van der Waals surface area contributed by atoms with Gasteiger partial charge in [-0.3, -0.25) is 14.5 Å². The van der Waals surface area contributed by atoms with E-state index in [4.69, 9.17) is 5.11 Å². The van der Waals surface area contributed by atoms with Crippen molar-refractivity contribution in [1.29, 1.82) is 0 Å². The number of hydrogen-bond acceptors (Lipinski definition) is 3. The second-order valence-corrected chi connectivity index (χ2v) is 5.69. The van der Waals surface area contributed by atoms with Crippen molar-refractivity contribution in [3.05, 3.63) is 35.6 Å². The maximum absolute atomic E-state index is 13.4. The van der Waals surface area contributed by atoms with Crippen LogP contribution in [0.1, 0.15) is 18.9 Å². The number of nitrogens with zero attached hydrogens (tertiary/aromatic N) is 1. The van der Waals surface area contributed by atoms with Gasteiger partial charge in [0.05, 0.1) is 12.0 Å². The zero-order valence-electron chi connectivity index (χ0n) is 11.9. The van der Waals surface area contributed by atoms with Crippen molar-refractivity contribution < 1.29 is 19.1 Å². The minimum Gasteiger partial charge on any atom is -0.481 e. The number of nitrogens with one attached hydrogen (secondary N) is 1. The average molecular weight is 294 g/mol. The molecule has 114 valence electrons. The molecule has 2 N–H and O–H groups in total. The van der Waals surface area contributed by atoms with Crippen molar-refractivity contribution >= 4 is 11.9 Å². The number of likely N-dealkylation sites (tertiary alicyclic amines) is 1. The Morgan fingerprint density at radius 2 is 2.14 bits per heavy atom. The standard InChI is InChI=1S/C15H19FN2O3/c1-15(14(20)21)6-7-18(10-15)9-13(19)17-8-11-4-2-3-5-12(11)16/h2-5H,6-10H2,1H3,(H,17,19)(H,20,21). The van der Waals surface area contributed by atoms with Crippen molar-refractivity contribution in [3.8, 4) is 0 Å². The van der Waals surface area contributed by atoms with E-state index in [-0.39, 0.29) is 24.8 Å². The van der Waals surface area contributed by atoms with Crippen LogP contribution in [0, 0.1) is 11.2 Å². The van der Waals surface area contributed by atoms with Gasteiger partial charge in [0.25, 0.3) is 0 Å². The summed E-state index contributed by atoms with van der Waals surface area (Å²) in [5.41, 5.74) is -0.353. The molecule has 0 radical (unpaired) electrons. The third-order valence-corrected chi connectivity index (χ3v) is 3.87. The number of halogens is 1. The molecule has 0 bridgehead atoms. The van der Waals surface area contributed by atoms with Gasteiger partial charge in [0.1, 0.15) is 5.82 Å². The van der Waals surface area contributed by atoms with E-state index in [1.807, 2.05) is 4.90 Å². The lowest BCUT2D eigenvalue weighted by Gasteiger charge is -2.19. The van der Waals surface area contributed by atoms with Gasteiger partial charge >= 0.3 is 5.97 Å². The Kier molecular flexibility index (Phi) is 4.57. The van der Waals surface area contributed by atoms with Gasteiger partial charge in [-0.05, 0) is 26.0 Å². The molecule has 1 aliphatic rings. The highest BCUT2D eigenvalue weighted by atomic mass is 19.1. The molecule has 6 heteroatoms. The molecule has 0 spiro atoms. The number of carboxylic acid groups (broad SMARTS) is 1. The van der Waals surface area contributed by atoms with Crippen LogP contribution in [-0.4, -0.2) is 41.5 Å². The van der Waals surface area contributed by atoms with Crippen LogP contribution in [0.5, 0.6) is 0 Å². The first-order valence-electron chi connectivity index (χ1n) is 6.86. The van der Waals surface area contributed by atoms with Crippen LogP contribution in [0.3, 0.4) is 0 Å². The zero-order valence-corrected chi connectivity index (χ0v) is 11.9. The molecule has 21 heavy (non-hydrogen) atoms. The topological polar surface area (TPSA) is 69.6 Å². The zero-order chi connectivity index (χ0) is 15.5. The molecule has 1 aromatic rings. The SMILES string of the molecule is CC1(C(=O)O)CCN(CC(=O)NCc2ccccc2F)C1. The Morgan fingerprint density at radius 3 is 2.76 bits per heavy atom. The summed E-state index contributed by atoms with van der Waals surface area (Å²) >= 11 is 0. The summed E-state index contributed by atoms with van der Waals surface area (Å²) in [5.74, 6) is -1.41. The molecule has 1 unspecified atom stereocenters. The summed E-state index contributed by atoms with van der Waals surface area (Å²) in [6.07, 6.45) is 0.531. The van der Waals surface area contributed by atoms with Crippen molar-refractivity contribution in [2.45, 2.75) is 19.9 Å². The lowest BCUT2D eigenvalue weighted by molar-refractivity contribution is -0.147. The molecule has 1 aromatic carbocycles. The Bertz CT molecular complexity index is 549. The highest BCUT2D eigenvalue weighted by Crippen LogP contribution is 2.29. The monoisotopic (exact) mass is 294 g/mol. The third kappa shape index (κ3) is 3.78. The van der Waals surface area contributed by atoms with Crippen LogP contribution in [0.25, 0.3) is 0 Å². The molecular weight excluding hydrogens is 275 g/mol. The molecule has 5 nitrogen and oxygen atoms in total. The summed E-state index contributed by atoms with van der Waals surface area (Å²) in [6.45, 7) is 2.89. The van der Waals surface area contributed by atoms with Crippen molar-refractivity contribution in [2.24, 2.45) is 5.41 Å². The molecule has 0 saturated carbocycles. The smallest absolute Gasteiger partial charge is 0.310 e. The fourth-order valence-corrected chi connectivity index (χ4v) is 2.46. The van der Waals surface area contributed by atoms with Gasteiger partial charge in [-0.2, -0.15) is 0 Å². The van der Waals surface area contributed by atoms with E-state index in [2.05, 4.69) is 5.32 Å². The summed E-state index contributed by atoms with van der Waals surface area (Å²) in [7, 11) is 0. The van der Waals surface area contributed by atoms with Gasteiger partial charge in [0.2, 0.25) is 5.91 Å². The summed E-state index contributed by atoms with van der Waals surface area (Å²) in [5, 5.41) is 11.8. The fraction of sp³-hybridized carbons (Fsp3) is 0.467. The maximum Gasteiger partial charge on any atom is 0.310 e. The molecule has 0 aliphatic carbocycles. The Balaban J connectivity index is 1.81. The van der Waals surface area contributed by atoms with Gasteiger partial charge in [0, 0.05) is 18.7 Å². The van der Waals surface area contributed by atoms with Crippen LogP contribution >= 0.6 is 0 Å². The van der Waals surface area contributed by atoms with E-state index in [1.54, 1.807) is 25.1 Å². The normalized spacial score (nSPS) is 22.2. The summed E-state index contributed by atoms with van der Waals surface area (Å²) in [4.78, 5) is 24.8. The Labute approximate surface area is 122 Å². The Morgan fingerprint density at radius 1 is 1.43 bits per heavy atom. The van der Waals surface area contributed by atoms with E-state index >= 15 is 0 Å². The molecule has 1 heterocycles. The van der Waals surface area contributed by atoms with Crippen molar-refractivity contribution in [3.63, 3.8) is 0 Å². The van der Waals surface area contributed by atoms with Crippen LogP contribution in [-0.2, 0) is 16.1 Å². The molecule has 1 fully saturated rings. The predicted molar refractivity (Wildman–Crippen MR) is 75.0 cm³/mol. The van der Waals surface area contributed by atoms with Crippen molar-refractivity contribution in [1.82, 2.24) is 10.2 Å². The van der Waals surface area contributed by atoms with Crippen molar-refractivity contribution in [2.75, 3.05) is 19.6 Å². The number of benzene rings is 1. The second kappa shape index (κ2) is 6.22. The van der Waals surface area contributed by atoms with E-state index in [1.165, 1.54) is 6.07 Å². The molecule has 0 aromatic heterocycles. The average Bonchev–Trinajstić information content (AvgIpc) is 2.81. The number of amides is 1. The molecule has 1 saturated heterocycles. The number of hydrogen-bond donors (Lipinski definition) is 2. The predicted octanol–water partition coefficient (Wildman–Crippen LogP) is 1.24. The number of carboxylic acids is 1. The summed E-state index contributed by atoms with van der Waals surface area (Å²) in [6, 6.07) is 6.27. The molecule has 1 amide bonds. The first-order valence-corrected chi connectivity index (χ1v) is 6.86. The van der Waals surface area contributed by atoms with E-state index in [9.17, 15) is 14.0 Å². The highest BCUT2D eigenvalue weighted by molar-refractivity contribution is 5.79. The van der Waals surface area contributed by atoms with Gasteiger partial charge < -0.3 is 10.4 Å². The minimum absolute atomic E-state index is 0.134. The van der Waals surface area contributed by atoms with E-state index in [0.29, 0.717) is 25.1 Å². The third-order valence-electron chi connectivity index (χ3n) is 3.87. The van der Waals surface area contributed by atoms with Crippen LogP contribution in [0.15, 0.2) is 24.3 Å². The van der Waals surface area contributed by atoms with Gasteiger partial charge in [-0.15, -0.1) is 0 Å². The largest absolute Gasteiger partial charge is 0.481 e. The molecular formula is C15H19FN2O3. The first kappa shape index (κ1) is 15.4. The first-order chi connectivity index (χ1) is 9.90. The van der Waals surface area contributed by atoms with Gasteiger partial charge in [-0.1, -0.05) is 18.2 Å². The summed E-state index contributed by atoms with van der Waals surface area (Å²) < 4.78 is 13.4. The lowest BCUT2D eigenvalue weighted by Crippen LogP contribution is -2.38. The number of carbonyl (C=O) groups excluding carboxylic acids is 1. The number of carbonyl (C=O) groups is 2. The minimum atomic E-state index is -0.836. The number of rotatable bonds is 5. The van der Waals surface area contributed by atoms with E-state index in [0.717, 1.165) is 0 Å². The Hall–Kier alpha value is -1.95. The van der Waals surface area contributed by atoms with E-state index < -0.39 is 11.4 Å². The lowest BCUT2D eigenvalue weighted by atomic mass is 9.90. The molecule has 1 aliphatic heterocycles. The van der Waals surface area contributed by atoms with Crippen LogP contribution in [0.2, 0.25) is 0 Å². The second-order valence-electron chi connectivity index (χ2n) is 5.69. The molecule has 1 atom stereocenters. The highest BCUT2D eigenvalue weighted by Gasteiger charge is 2.40. The van der Waals surface area contributed by atoms with Gasteiger partial charge in [-0.25, -0.2) is 4.39 Å². The van der Waals surface area contributed by atoms with Crippen LogP contribution < -0.4 is 5.32 Å². The fourth-order valence-electron chi connectivity index (χ4n) is 2.46. The quantitative estimate of drug-likeness (QED) is 0.857. The maximum atomic E-state index is 13.4. The number of aliphatic carboxylic acids is 1.